The van der Waals surface area contributed by atoms with Crippen molar-refractivity contribution in [2.24, 2.45) is 0 Å². The Morgan fingerprint density at radius 3 is 2.87 bits per heavy atom. The first-order valence-corrected chi connectivity index (χ1v) is 6.47. The summed E-state index contributed by atoms with van der Waals surface area (Å²) < 4.78 is 1.61. The van der Waals surface area contributed by atoms with Gasteiger partial charge in [-0.15, -0.1) is 0 Å². The van der Waals surface area contributed by atoms with E-state index in [1.54, 1.807) is 28.0 Å². The van der Waals surface area contributed by atoms with Crippen molar-refractivity contribution in [1.29, 1.82) is 0 Å². The van der Waals surface area contributed by atoms with E-state index in [-0.39, 0.29) is 2.85 Å². The molecule has 1 heteroatoms. The van der Waals surface area contributed by atoms with Crippen molar-refractivity contribution in [3.63, 3.8) is 0 Å². The summed E-state index contributed by atoms with van der Waals surface area (Å²) in [6.45, 7) is 0. The van der Waals surface area contributed by atoms with Gasteiger partial charge < -0.3 is 2.85 Å². The van der Waals surface area contributed by atoms with E-state index in [4.69, 9.17) is 0 Å². The van der Waals surface area contributed by atoms with Crippen LogP contribution >= 0.6 is 0 Å². The molecule has 0 bridgehead atoms. The minimum absolute atomic E-state index is 0. The van der Waals surface area contributed by atoms with Crippen molar-refractivity contribution in [2.45, 2.75) is 12.3 Å². The third-order valence-electron chi connectivity index (χ3n) is 3.10. The summed E-state index contributed by atoms with van der Waals surface area (Å²) in [6.07, 6.45) is 10.3. The summed E-state index contributed by atoms with van der Waals surface area (Å²) in [6, 6.07) is 8.71. The average molecular weight is 272 g/mol. The molecule has 0 N–H and O–H groups in total. The standard InChI is InChI=1S/C14H11.Zr.2H/c1-2-6-11(5-1)14-10-9-12-7-3-4-8-13(12)14;;;/h1,3-5,7-10,14H,2H2;;;/q;+2;2*-1. The van der Waals surface area contributed by atoms with Crippen LogP contribution in [0.4, 0.5) is 0 Å². The molecule has 0 saturated heterocycles. The van der Waals surface area contributed by atoms with Crippen LogP contribution in [0.1, 0.15) is 26.3 Å². The molecule has 15 heavy (non-hydrogen) atoms. The Labute approximate surface area is 108 Å². The van der Waals surface area contributed by atoms with E-state index in [0.29, 0.717) is 5.92 Å². The fourth-order valence-corrected chi connectivity index (χ4v) is 3.21. The van der Waals surface area contributed by atoms with E-state index < -0.39 is 0 Å². The Morgan fingerprint density at radius 1 is 1.20 bits per heavy atom. The van der Waals surface area contributed by atoms with Gasteiger partial charge in [-0.3, -0.25) is 0 Å². The van der Waals surface area contributed by atoms with Crippen LogP contribution in [0.15, 0.2) is 51.3 Å². The van der Waals surface area contributed by atoms with Gasteiger partial charge in [0.05, 0.1) is 0 Å². The summed E-state index contributed by atoms with van der Waals surface area (Å²) in [5, 5.41) is 0. The number of allylic oxidation sites excluding steroid dienone is 5. The molecule has 0 aromatic heterocycles. The van der Waals surface area contributed by atoms with E-state index in [1.807, 2.05) is 0 Å². The van der Waals surface area contributed by atoms with Gasteiger partial charge in [0.25, 0.3) is 0 Å². The Hall–Kier alpha value is -0.677. The molecule has 2 aliphatic rings. The molecule has 0 saturated carbocycles. The molecule has 1 unspecified atom stereocenters. The van der Waals surface area contributed by atoms with Crippen LogP contribution in [-0.4, -0.2) is 0 Å². The molecule has 0 nitrogen and oxygen atoms in total. The fraction of sp³-hybridized carbons (Fsp3) is 0.143. The fourth-order valence-electron chi connectivity index (χ4n) is 2.33. The van der Waals surface area contributed by atoms with Gasteiger partial charge in [-0.2, -0.15) is 0 Å². The Morgan fingerprint density at radius 2 is 2.07 bits per heavy atom. The molecule has 73 valence electrons. The van der Waals surface area contributed by atoms with Crippen molar-refractivity contribution in [3.05, 3.63) is 62.5 Å². The minimum atomic E-state index is 0. The Balaban J connectivity index is 0.000000722. The molecular formula is C14H13Zr. The molecule has 0 fully saturated rings. The summed E-state index contributed by atoms with van der Waals surface area (Å²) in [4.78, 5) is 0. The summed E-state index contributed by atoms with van der Waals surface area (Å²) >= 11 is 1.56. The average Bonchev–Trinajstić information content (AvgIpc) is 2.83. The van der Waals surface area contributed by atoms with Crippen LogP contribution in [0, 0.1) is 0 Å². The van der Waals surface area contributed by atoms with Crippen LogP contribution in [0.25, 0.3) is 6.08 Å². The van der Waals surface area contributed by atoms with Gasteiger partial charge in [-0.25, -0.2) is 0 Å². The van der Waals surface area contributed by atoms with Crippen molar-refractivity contribution < 1.29 is 27.6 Å². The summed E-state index contributed by atoms with van der Waals surface area (Å²) in [7, 11) is 0. The molecule has 1 aromatic carbocycles. The maximum absolute atomic E-state index is 2.33. The number of hydrogen-bond donors (Lipinski definition) is 0. The predicted molar refractivity (Wildman–Crippen MR) is 61.2 cm³/mol. The second kappa shape index (κ2) is 3.72. The molecule has 1 aromatic rings. The second-order valence-electron chi connectivity index (χ2n) is 4.01. The topological polar surface area (TPSA) is 0 Å². The second-order valence-corrected chi connectivity index (χ2v) is 5.49. The quantitative estimate of drug-likeness (QED) is 0.730. The van der Waals surface area contributed by atoms with Crippen molar-refractivity contribution in [1.82, 2.24) is 0 Å². The van der Waals surface area contributed by atoms with E-state index in [1.165, 1.54) is 23.1 Å². The van der Waals surface area contributed by atoms with Gasteiger partial charge in [0, 0.05) is 0 Å². The molecule has 0 amide bonds. The SMILES string of the molecule is [H-].[H-].[Zr+2][C]1=C(C2C=Cc3ccccc32)C=CC1. The maximum atomic E-state index is 2.33. The van der Waals surface area contributed by atoms with Crippen molar-refractivity contribution >= 4 is 6.08 Å². The number of rotatable bonds is 1. The van der Waals surface area contributed by atoms with E-state index >= 15 is 0 Å². The number of benzene rings is 1. The van der Waals surface area contributed by atoms with E-state index in [9.17, 15) is 0 Å². The third kappa shape index (κ3) is 1.54. The van der Waals surface area contributed by atoms with Crippen LogP contribution in [0.5, 0.6) is 0 Å². The van der Waals surface area contributed by atoms with Crippen molar-refractivity contribution in [2.75, 3.05) is 0 Å². The zero-order valence-electron chi connectivity index (χ0n) is 10.4. The molecule has 0 spiro atoms. The molecule has 1 atom stereocenters. The van der Waals surface area contributed by atoms with Crippen LogP contribution < -0.4 is 0 Å². The molecule has 0 radical (unpaired) electrons. The first-order valence-electron chi connectivity index (χ1n) is 5.24. The number of hydrogen-bond acceptors (Lipinski definition) is 0. The Bertz CT molecular complexity index is 501. The van der Waals surface area contributed by atoms with E-state index in [0.717, 1.165) is 0 Å². The Kier molecular flexibility index (Phi) is 2.37. The molecule has 2 aliphatic carbocycles. The summed E-state index contributed by atoms with van der Waals surface area (Å²) in [5.41, 5.74) is 4.40. The molecule has 0 heterocycles. The van der Waals surface area contributed by atoms with Crippen LogP contribution in [0.2, 0.25) is 0 Å². The van der Waals surface area contributed by atoms with E-state index in [2.05, 4.69) is 48.6 Å². The molecular weight excluding hydrogens is 259 g/mol. The summed E-state index contributed by atoms with van der Waals surface area (Å²) in [5.74, 6) is 0.522. The number of fused-ring (bicyclic) bond motifs is 1. The van der Waals surface area contributed by atoms with Gasteiger partial charge >= 0.3 is 106 Å². The third-order valence-corrected chi connectivity index (χ3v) is 4.31. The first kappa shape index (κ1) is 9.54. The van der Waals surface area contributed by atoms with Gasteiger partial charge in [-0.1, -0.05) is 0 Å². The molecule has 0 aliphatic heterocycles. The zero-order valence-corrected chi connectivity index (χ0v) is 10.9. The predicted octanol–water partition coefficient (Wildman–Crippen LogP) is 3.78. The van der Waals surface area contributed by atoms with Gasteiger partial charge in [0.1, 0.15) is 0 Å². The van der Waals surface area contributed by atoms with Crippen LogP contribution in [0.3, 0.4) is 0 Å². The zero-order chi connectivity index (χ0) is 10.3. The van der Waals surface area contributed by atoms with Gasteiger partial charge in [-0.05, 0) is 0 Å². The normalized spacial score (nSPS) is 22.7. The van der Waals surface area contributed by atoms with Gasteiger partial charge in [0.2, 0.25) is 0 Å². The monoisotopic (exact) mass is 271 g/mol. The van der Waals surface area contributed by atoms with Crippen LogP contribution in [-0.2, 0) is 24.7 Å². The molecule has 3 rings (SSSR count). The van der Waals surface area contributed by atoms with Gasteiger partial charge in [0.15, 0.2) is 0 Å². The first-order chi connectivity index (χ1) is 7.36. The van der Waals surface area contributed by atoms with Crippen molar-refractivity contribution in [3.8, 4) is 0 Å².